The number of hydrogen-bond acceptors (Lipinski definition) is 3. The van der Waals surface area contributed by atoms with Crippen LogP contribution in [0.2, 0.25) is 0 Å². The van der Waals surface area contributed by atoms with E-state index in [9.17, 15) is 18.0 Å². The highest BCUT2D eigenvalue weighted by molar-refractivity contribution is 9.10. The minimum absolute atomic E-state index is 0.205. The summed E-state index contributed by atoms with van der Waals surface area (Å²) in [5.41, 5.74) is -1.23. The third-order valence-corrected chi connectivity index (χ3v) is 2.71. The number of carboxylic acid groups (broad SMARTS) is 1. The highest BCUT2D eigenvalue weighted by Crippen LogP contribution is 2.31. The number of rotatable bonds is 3. The molecule has 0 bridgehead atoms. The van der Waals surface area contributed by atoms with Gasteiger partial charge in [0.15, 0.2) is 5.69 Å². The Balaban J connectivity index is 2.60. The van der Waals surface area contributed by atoms with Crippen LogP contribution in [0.25, 0.3) is 11.5 Å². The number of hydrogen-bond donors (Lipinski definition) is 1. The summed E-state index contributed by atoms with van der Waals surface area (Å²) in [6.45, 7) is 0. The van der Waals surface area contributed by atoms with Crippen LogP contribution in [0.15, 0.2) is 27.1 Å². The van der Waals surface area contributed by atoms with E-state index in [1.165, 1.54) is 12.1 Å². The summed E-state index contributed by atoms with van der Waals surface area (Å²) in [7, 11) is 0. The minimum atomic E-state index is -3.13. The number of aromatic nitrogens is 1. The first kappa shape index (κ1) is 13.6. The van der Waals surface area contributed by atoms with E-state index in [2.05, 4.69) is 20.9 Å². The van der Waals surface area contributed by atoms with Crippen LogP contribution in [0.1, 0.15) is 22.7 Å². The fourth-order valence-electron chi connectivity index (χ4n) is 1.41. The molecule has 1 aromatic heterocycles. The van der Waals surface area contributed by atoms with Gasteiger partial charge < -0.3 is 9.52 Å². The topological polar surface area (TPSA) is 63.3 Å². The van der Waals surface area contributed by atoms with Crippen molar-refractivity contribution in [2.24, 2.45) is 0 Å². The summed E-state index contributed by atoms with van der Waals surface area (Å²) >= 11 is 3.08. The molecular weight excluding hydrogens is 331 g/mol. The van der Waals surface area contributed by atoms with Crippen molar-refractivity contribution >= 4 is 21.9 Å². The van der Waals surface area contributed by atoms with Gasteiger partial charge in [0.25, 0.3) is 6.43 Å². The molecule has 0 radical (unpaired) electrons. The fourth-order valence-corrected chi connectivity index (χ4v) is 1.77. The summed E-state index contributed by atoms with van der Waals surface area (Å²) in [5, 5.41) is 8.73. The molecule has 4 nitrogen and oxygen atoms in total. The van der Waals surface area contributed by atoms with Crippen LogP contribution in [0.5, 0.6) is 0 Å². The van der Waals surface area contributed by atoms with E-state index in [1.54, 1.807) is 0 Å². The van der Waals surface area contributed by atoms with E-state index in [0.29, 0.717) is 4.47 Å². The van der Waals surface area contributed by atoms with Crippen LogP contribution in [0.3, 0.4) is 0 Å². The van der Waals surface area contributed by atoms with Gasteiger partial charge in [-0.1, -0.05) is 15.9 Å². The van der Waals surface area contributed by atoms with Crippen LogP contribution in [-0.2, 0) is 0 Å². The van der Waals surface area contributed by atoms with Gasteiger partial charge in [0.05, 0.1) is 5.56 Å². The van der Waals surface area contributed by atoms with Crippen molar-refractivity contribution in [1.29, 1.82) is 0 Å². The Morgan fingerprint density at radius 3 is 2.63 bits per heavy atom. The van der Waals surface area contributed by atoms with E-state index < -0.39 is 35.6 Å². The molecule has 1 heterocycles. The number of benzene rings is 1. The summed E-state index contributed by atoms with van der Waals surface area (Å²) < 4.78 is 43.9. The van der Waals surface area contributed by atoms with E-state index in [0.717, 1.165) is 6.07 Å². The number of alkyl halides is 2. The molecule has 19 heavy (non-hydrogen) atoms. The Bertz CT molecular complexity index is 642. The van der Waals surface area contributed by atoms with Crippen molar-refractivity contribution in [2.45, 2.75) is 6.43 Å². The maximum absolute atomic E-state index is 13.5. The molecule has 100 valence electrons. The maximum atomic E-state index is 13.5. The molecule has 0 aliphatic carbocycles. The molecule has 0 aliphatic heterocycles. The molecule has 1 aromatic carbocycles. The van der Waals surface area contributed by atoms with E-state index in [-0.39, 0.29) is 5.56 Å². The Labute approximate surface area is 113 Å². The highest BCUT2D eigenvalue weighted by Gasteiger charge is 2.27. The quantitative estimate of drug-likeness (QED) is 0.924. The van der Waals surface area contributed by atoms with Crippen molar-refractivity contribution in [3.8, 4) is 11.5 Å². The highest BCUT2D eigenvalue weighted by atomic mass is 79.9. The van der Waals surface area contributed by atoms with E-state index in [1.807, 2.05) is 0 Å². The number of halogens is 4. The molecule has 2 aromatic rings. The van der Waals surface area contributed by atoms with E-state index >= 15 is 0 Å². The number of nitrogens with zero attached hydrogens (tertiary/aromatic N) is 1. The number of carbonyl (C=O) groups is 1. The predicted octanol–water partition coefficient (Wildman–Crippen LogP) is 3.88. The lowest BCUT2D eigenvalue weighted by molar-refractivity contribution is 0.0646. The summed E-state index contributed by atoms with van der Waals surface area (Å²) in [6, 6.07) is 3.72. The standard InChI is InChI=1S/C11H5BrF3NO3/c12-4-1-2-6(13)5(3-4)10-16-7(9(14)15)8(19-10)11(17)18/h1-3,9H,(H,17,18). The SMILES string of the molecule is O=C(O)c1oc(-c2cc(Br)ccc2F)nc1C(F)F. The minimum Gasteiger partial charge on any atom is -0.475 e. The van der Waals surface area contributed by atoms with E-state index in [4.69, 9.17) is 9.52 Å². The molecule has 0 aliphatic rings. The second kappa shape index (κ2) is 5.04. The molecular formula is C11H5BrF3NO3. The first-order valence-corrected chi connectivity index (χ1v) is 5.67. The Morgan fingerprint density at radius 1 is 1.42 bits per heavy atom. The molecule has 2 rings (SSSR count). The molecule has 8 heteroatoms. The van der Waals surface area contributed by atoms with Crippen LogP contribution in [0, 0.1) is 5.82 Å². The van der Waals surface area contributed by atoms with Gasteiger partial charge in [-0.05, 0) is 18.2 Å². The predicted molar refractivity (Wildman–Crippen MR) is 61.5 cm³/mol. The monoisotopic (exact) mass is 335 g/mol. The first-order chi connectivity index (χ1) is 8.90. The first-order valence-electron chi connectivity index (χ1n) is 4.87. The normalized spacial score (nSPS) is 11.0. The Hall–Kier alpha value is -1.83. The van der Waals surface area contributed by atoms with Gasteiger partial charge in [-0.15, -0.1) is 0 Å². The smallest absolute Gasteiger partial charge is 0.374 e. The van der Waals surface area contributed by atoms with Crippen LogP contribution in [-0.4, -0.2) is 16.1 Å². The van der Waals surface area contributed by atoms with Crippen LogP contribution < -0.4 is 0 Å². The zero-order chi connectivity index (χ0) is 14.2. The zero-order valence-corrected chi connectivity index (χ0v) is 10.6. The summed E-state index contributed by atoms with van der Waals surface area (Å²) in [6.07, 6.45) is -3.13. The van der Waals surface area contributed by atoms with Crippen molar-refractivity contribution in [2.75, 3.05) is 0 Å². The molecule has 0 saturated heterocycles. The average Bonchev–Trinajstić information content (AvgIpc) is 2.77. The van der Waals surface area contributed by atoms with Gasteiger partial charge >= 0.3 is 5.97 Å². The molecule has 0 spiro atoms. The molecule has 0 unspecified atom stereocenters. The second-order valence-electron chi connectivity index (χ2n) is 3.46. The van der Waals surface area contributed by atoms with Gasteiger partial charge in [0.2, 0.25) is 11.7 Å². The van der Waals surface area contributed by atoms with Crippen LogP contribution in [0.4, 0.5) is 13.2 Å². The summed E-state index contributed by atoms with van der Waals surface area (Å²) in [4.78, 5) is 14.1. The lowest BCUT2D eigenvalue weighted by Crippen LogP contribution is -1.99. The fraction of sp³-hybridized carbons (Fsp3) is 0.0909. The van der Waals surface area contributed by atoms with Crippen molar-refractivity contribution < 1.29 is 27.5 Å². The maximum Gasteiger partial charge on any atom is 0.374 e. The third kappa shape index (κ3) is 2.62. The lowest BCUT2D eigenvalue weighted by Gasteiger charge is -1.98. The van der Waals surface area contributed by atoms with Crippen molar-refractivity contribution in [3.05, 3.63) is 39.9 Å². The van der Waals surface area contributed by atoms with Gasteiger partial charge in [-0.3, -0.25) is 0 Å². The number of carboxylic acids is 1. The molecule has 1 N–H and O–H groups in total. The number of aromatic carboxylic acids is 1. The van der Waals surface area contributed by atoms with Crippen LogP contribution >= 0.6 is 15.9 Å². The third-order valence-electron chi connectivity index (χ3n) is 2.21. The molecule has 0 saturated carbocycles. The van der Waals surface area contributed by atoms with Crippen molar-refractivity contribution in [3.63, 3.8) is 0 Å². The molecule has 0 amide bonds. The second-order valence-corrected chi connectivity index (χ2v) is 4.38. The molecule has 0 fully saturated rings. The Morgan fingerprint density at radius 2 is 2.11 bits per heavy atom. The Kier molecular flexibility index (Phi) is 3.61. The molecule has 0 atom stereocenters. The largest absolute Gasteiger partial charge is 0.475 e. The number of oxazole rings is 1. The van der Waals surface area contributed by atoms with Gasteiger partial charge in [-0.2, -0.15) is 0 Å². The lowest BCUT2D eigenvalue weighted by atomic mass is 10.2. The van der Waals surface area contributed by atoms with Gasteiger partial charge in [0, 0.05) is 4.47 Å². The zero-order valence-electron chi connectivity index (χ0n) is 9.03. The van der Waals surface area contributed by atoms with Gasteiger partial charge in [0.1, 0.15) is 5.82 Å². The van der Waals surface area contributed by atoms with Crippen molar-refractivity contribution in [1.82, 2.24) is 4.98 Å². The summed E-state index contributed by atoms with van der Waals surface area (Å²) in [5.74, 6) is -3.96. The van der Waals surface area contributed by atoms with Gasteiger partial charge in [-0.25, -0.2) is 22.9 Å². The average molecular weight is 336 g/mol.